The van der Waals surface area contributed by atoms with Crippen molar-refractivity contribution in [1.82, 2.24) is 20.1 Å². The molecule has 0 saturated carbocycles. The van der Waals surface area contributed by atoms with Gasteiger partial charge in [0.1, 0.15) is 0 Å². The van der Waals surface area contributed by atoms with Gasteiger partial charge in [0.25, 0.3) is 0 Å². The Hall–Kier alpha value is -3.36. The van der Waals surface area contributed by atoms with Gasteiger partial charge in [0, 0.05) is 35.8 Å². The van der Waals surface area contributed by atoms with E-state index in [1.807, 2.05) is 16.8 Å². The predicted octanol–water partition coefficient (Wildman–Crippen LogP) is 4.66. The number of para-hydroxylation sites is 1. The van der Waals surface area contributed by atoms with Gasteiger partial charge in [0.05, 0.1) is 23.5 Å². The fraction of sp³-hybridized carbons (Fsp3) is 0.318. The first-order valence-corrected chi connectivity index (χ1v) is 10.1. The van der Waals surface area contributed by atoms with E-state index in [0.717, 1.165) is 48.7 Å². The molecule has 0 fully saturated rings. The number of benzene rings is 1. The number of halogens is 3. The highest BCUT2D eigenvalue weighted by Gasteiger charge is 2.33. The molecule has 3 aromatic rings. The minimum Gasteiger partial charge on any atom is -0.336 e. The van der Waals surface area contributed by atoms with E-state index in [4.69, 9.17) is 5.10 Å². The summed E-state index contributed by atoms with van der Waals surface area (Å²) in [5.41, 5.74) is 3.16. The molecule has 0 unspecified atom stereocenters. The van der Waals surface area contributed by atoms with Crippen molar-refractivity contribution in [3.8, 4) is 11.3 Å². The summed E-state index contributed by atoms with van der Waals surface area (Å²) < 4.78 is 41.2. The predicted molar refractivity (Wildman–Crippen MR) is 111 cm³/mol. The number of nitrogens with one attached hydrogen (secondary N) is 2. The first-order valence-electron chi connectivity index (χ1n) is 10.1. The molecule has 2 aromatic heterocycles. The minimum atomic E-state index is -4.54. The van der Waals surface area contributed by atoms with Crippen molar-refractivity contribution in [2.75, 3.05) is 11.9 Å². The van der Waals surface area contributed by atoms with Gasteiger partial charge in [-0.2, -0.15) is 18.3 Å². The largest absolute Gasteiger partial charge is 0.418 e. The fourth-order valence-electron chi connectivity index (χ4n) is 3.88. The molecule has 0 spiro atoms. The molecule has 1 aliphatic rings. The Balaban J connectivity index is 1.43. The number of amides is 2. The van der Waals surface area contributed by atoms with Gasteiger partial charge < -0.3 is 10.6 Å². The van der Waals surface area contributed by atoms with E-state index in [1.54, 1.807) is 12.4 Å². The lowest BCUT2D eigenvalue weighted by atomic mass is 9.94. The molecule has 162 valence electrons. The standard InChI is InChI=1S/C22H22F3N5O/c23-22(24,25)17-6-2-3-7-18(17)28-21(31)27-13-14-30-19-8-4-1-5-16(19)20(29-30)15-9-11-26-12-10-15/h2-3,6-7,9-12H,1,4-5,8,13-14H2,(H2,27,28,31). The summed E-state index contributed by atoms with van der Waals surface area (Å²) in [7, 11) is 0. The Morgan fingerprint density at radius 1 is 1.06 bits per heavy atom. The molecule has 0 atom stereocenters. The second kappa shape index (κ2) is 8.79. The summed E-state index contributed by atoms with van der Waals surface area (Å²) in [5.74, 6) is 0. The fourth-order valence-corrected chi connectivity index (χ4v) is 3.88. The highest BCUT2D eigenvalue weighted by atomic mass is 19.4. The quantitative estimate of drug-likeness (QED) is 0.620. The van der Waals surface area contributed by atoms with E-state index in [9.17, 15) is 18.0 Å². The molecule has 0 saturated heterocycles. The van der Waals surface area contributed by atoms with Crippen LogP contribution >= 0.6 is 0 Å². The van der Waals surface area contributed by atoms with Crippen LogP contribution in [0.4, 0.5) is 23.7 Å². The highest BCUT2D eigenvalue weighted by molar-refractivity contribution is 5.90. The van der Waals surface area contributed by atoms with E-state index < -0.39 is 17.8 Å². The number of hydrogen-bond donors (Lipinski definition) is 2. The molecule has 6 nitrogen and oxygen atoms in total. The van der Waals surface area contributed by atoms with E-state index in [-0.39, 0.29) is 12.2 Å². The minimum absolute atomic E-state index is 0.240. The first-order chi connectivity index (χ1) is 14.9. The van der Waals surface area contributed by atoms with Crippen molar-refractivity contribution in [3.05, 3.63) is 65.6 Å². The maximum absolute atomic E-state index is 13.1. The van der Waals surface area contributed by atoms with Crippen molar-refractivity contribution in [2.45, 2.75) is 38.4 Å². The van der Waals surface area contributed by atoms with Gasteiger partial charge in [-0.3, -0.25) is 9.67 Å². The molecule has 0 bridgehead atoms. The van der Waals surface area contributed by atoms with Crippen molar-refractivity contribution in [1.29, 1.82) is 0 Å². The number of nitrogens with zero attached hydrogens (tertiary/aromatic N) is 3. The van der Waals surface area contributed by atoms with E-state index in [1.165, 1.54) is 23.8 Å². The third-order valence-corrected chi connectivity index (χ3v) is 5.30. The molecule has 2 amide bonds. The molecular weight excluding hydrogens is 407 g/mol. The number of aromatic nitrogens is 3. The summed E-state index contributed by atoms with van der Waals surface area (Å²) in [6, 6.07) is 8.05. The molecular formula is C22H22F3N5O. The maximum Gasteiger partial charge on any atom is 0.418 e. The van der Waals surface area contributed by atoms with Crippen LogP contribution in [0.2, 0.25) is 0 Å². The first kappa shape index (κ1) is 20.9. The van der Waals surface area contributed by atoms with Crippen molar-refractivity contribution >= 4 is 11.7 Å². The second-order valence-electron chi connectivity index (χ2n) is 7.36. The van der Waals surface area contributed by atoms with Crippen LogP contribution in [0.25, 0.3) is 11.3 Å². The van der Waals surface area contributed by atoms with Crippen LogP contribution in [-0.2, 0) is 25.6 Å². The Morgan fingerprint density at radius 3 is 2.58 bits per heavy atom. The molecule has 4 rings (SSSR count). The van der Waals surface area contributed by atoms with Gasteiger partial charge in [0.2, 0.25) is 0 Å². The SMILES string of the molecule is O=C(NCCn1nc(-c2ccncc2)c2c1CCCC2)Nc1ccccc1C(F)(F)F. The third-order valence-electron chi connectivity index (χ3n) is 5.30. The van der Waals surface area contributed by atoms with Crippen LogP contribution in [0.15, 0.2) is 48.8 Å². The number of carbonyl (C=O) groups excluding carboxylic acids is 1. The average molecular weight is 429 g/mol. The van der Waals surface area contributed by atoms with Gasteiger partial charge in [-0.1, -0.05) is 12.1 Å². The Bertz CT molecular complexity index is 1060. The molecule has 9 heteroatoms. The van der Waals surface area contributed by atoms with Gasteiger partial charge in [-0.25, -0.2) is 4.79 Å². The number of urea groups is 1. The summed E-state index contributed by atoms with van der Waals surface area (Å²) in [6.45, 7) is 0.672. The number of hydrogen-bond acceptors (Lipinski definition) is 3. The van der Waals surface area contributed by atoms with E-state index in [0.29, 0.717) is 6.54 Å². The molecule has 2 N–H and O–H groups in total. The van der Waals surface area contributed by atoms with Crippen molar-refractivity contribution in [3.63, 3.8) is 0 Å². The number of alkyl halides is 3. The molecule has 1 aromatic carbocycles. The lowest BCUT2D eigenvalue weighted by Gasteiger charge is -2.15. The van der Waals surface area contributed by atoms with Crippen molar-refractivity contribution in [2.24, 2.45) is 0 Å². The molecule has 2 heterocycles. The van der Waals surface area contributed by atoms with Crippen LogP contribution in [0.3, 0.4) is 0 Å². The number of pyridine rings is 1. The highest BCUT2D eigenvalue weighted by Crippen LogP contribution is 2.34. The molecule has 1 aliphatic carbocycles. The zero-order valence-corrected chi connectivity index (χ0v) is 16.7. The number of anilines is 1. The van der Waals surface area contributed by atoms with Gasteiger partial charge in [-0.05, 0) is 49.9 Å². The molecule has 0 aliphatic heterocycles. The summed E-state index contributed by atoms with van der Waals surface area (Å²) >= 11 is 0. The lowest BCUT2D eigenvalue weighted by molar-refractivity contribution is -0.136. The molecule has 31 heavy (non-hydrogen) atoms. The van der Waals surface area contributed by atoms with Gasteiger partial charge >= 0.3 is 12.2 Å². The average Bonchev–Trinajstić information content (AvgIpc) is 3.13. The van der Waals surface area contributed by atoms with Crippen LogP contribution in [-0.4, -0.2) is 27.3 Å². The third kappa shape index (κ3) is 4.70. The Labute approximate surface area is 177 Å². The molecule has 0 radical (unpaired) electrons. The van der Waals surface area contributed by atoms with Gasteiger partial charge in [0.15, 0.2) is 0 Å². The zero-order chi connectivity index (χ0) is 21.8. The zero-order valence-electron chi connectivity index (χ0n) is 16.7. The monoisotopic (exact) mass is 429 g/mol. The lowest BCUT2D eigenvalue weighted by Crippen LogP contribution is -2.32. The summed E-state index contributed by atoms with van der Waals surface area (Å²) in [4.78, 5) is 16.2. The van der Waals surface area contributed by atoms with Crippen LogP contribution in [0.1, 0.15) is 29.7 Å². The van der Waals surface area contributed by atoms with Crippen LogP contribution < -0.4 is 10.6 Å². The van der Waals surface area contributed by atoms with Crippen LogP contribution in [0.5, 0.6) is 0 Å². The normalized spacial score (nSPS) is 13.5. The van der Waals surface area contributed by atoms with Crippen LogP contribution in [0, 0.1) is 0 Å². The number of fused-ring (bicyclic) bond motifs is 1. The summed E-state index contributed by atoms with van der Waals surface area (Å²) in [6.07, 6.45) is 2.98. The Morgan fingerprint density at radius 2 is 1.81 bits per heavy atom. The second-order valence-corrected chi connectivity index (χ2v) is 7.36. The topological polar surface area (TPSA) is 71.8 Å². The summed E-state index contributed by atoms with van der Waals surface area (Å²) in [5, 5.41) is 9.67. The van der Waals surface area contributed by atoms with Gasteiger partial charge in [-0.15, -0.1) is 0 Å². The number of rotatable bonds is 5. The van der Waals surface area contributed by atoms with E-state index >= 15 is 0 Å². The number of carbonyl (C=O) groups is 1. The van der Waals surface area contributed by atoms with Crippen molar-refractivity contribution < 1.29 is 18.0 Å². The smallest absolute Gasteiger partial charge is 0.336 e. The maximum atomic E-state index is 13.1. The van der Waals surface area contributed by atoms with E-state index in [2.05, 4.69) is 15.6 Å². The Kier molecular flexibility index (Phi) is 5.92.